The average Bonchev–Trinajstić information content (AvgIpc) is 3.11. The van der Waals surface area contributed by atoms with Crippen LogP contribution in [0.2, 0.25) is 5.28 Å². The van der Waals surface area contributed by atoms with Crippen molar-refractivity contribution in [2.75, 3.05) is 24.6 Å². The van der Waals surface area contributed by atoms with E-state index < -0.39 is 0 Å². The van der Waals surface area contributed by atoms with Crippen molar-refractivity contribution in [3.05, 3.63) is 52.4 Å². The summed E-state index contributed by atoms with van der Waals surface area (Å²) in [6.07, 6.45) is 2.96. The molecule has 4 rings (SSSR count). The van der Waals surface area contributed by atoms with E-state index in [4.69, 9.17) is 11.6 Å². The Bertz CT molecular complexity index is 740. The Morgan fingerprint density at radius 1 is 1.16 bits per heavy atom. The molecular formula is C19H23ClN4O. The lowest BCUT2D eigenvalue weighted by Gasteiger charge is -2.33. The molecule has 0 amide bonds. The van der Waals surface area contributed by atoms with Crippen molar-refractivity contribution in [1.82, 2.24) is 14.9 Å². The molecule has 25 heavy (non-hydrogen) atoms. The van der Waals surface area contributed by atoms with E-state index in [0.717, 1.165) is 57.0 Å². The number of aromatic nitrogens is 2. The van der Waals surface area contributed by atoms with Crippen LogP contribution >= 0.6 is 11.6 Å². The summed E-state index contributed by atoms with van der Waals surface area (Å²) in [6.45, 7) is 3.79. The fraction of sp³-hybridized carbons (Fsp3) is 0.474. The first-order chi connectivity index (χ1) is 12.2. The molecule has 1 atom stereocenters. The fourth-order valence-electron chi connectivity index (χ4n) is 3.94. The normalized spacial score (nSPS) is 20.7. The van der Waals surface area contributed by atoms with E-state index in [0.29, 0.717) is 5.28 Å². The number of aliphatic hydroxyl groups excluding tert-OH is 1. The first-order valence-corrected chi connectivity index (χ1v) is 9.31. The molecule has 1 aromatic carbocycles. The summed E-state index contributed by atoms with van der Waals surface area (Å²) in [6, 6.07) is 10.7. The Morgan fingerprint density at radius 3 is 2.80 bits per heavy atom. The van der Waals surface area contributed by atoms with Crippen molar-refractivity contribution in [3.8, 4) is 0 Å². The third kappa shape index (κ3) is 3.50. The molecule has 2 aliphatic rings. The summed E-state index contributed by atoms with van der Waals surface area (Å²) in [7, 11) is 0. The standard InChI is InChI=1S/C19H23ClN4O/c20-19-21-17-8-10-23(11-14-5-2-1-3-6-14)12-16(17)18(22-19)24-9-4-7-15(24)13-25/h1-3,5-6,15,25H,4,7-13H2/t15-/m0/s1. The monoisotopic (exact) mass is 358 g/mol. The van der Waals surface area contributed by atoms with Crippen LogP contribution < -0.4 is 4.90 Å². The molecule has 0 radical (unpaired) electrons. The summed E-state index contributed by atoms with van der Waals surface area (Å²) >= 11 is 6.19. The molecule has 3 heterocycles. The summed E-state index contributed by atoms with van der Waals surface area (Å²) in [5.41, 5.74) is 3.55. The fourth-order valence-corrected chi connectivity index (χ4v) is 4.12. The Kier molecular flexibility index (Phi) is 4.88. The minimum absolute atomic E-state index is 0.138. The van der Waals surface area contributed by atoms with E-state index >= 15 is 0 Å². The van der Waals surface area contributed by atoms with Crippen molar-refractivity contribution in [2.45, 2.75) is 38.4 Å². The molecule has 132 valence electrons. The van der Waals surface area contributed by atoms with Crippen LogP contribution in [0.15, 0.2) is 30.3 Å². The minimum Gasteiger partial charge on any atom is -0.394 e. The zero-order valence-electron chi connectivity index (χ0n) is 14.2. The number of hydrogen-bond acceptors (Lipinski definition) is 5. The molecule has 1 N–H and O–H groups in total. The molecule has 0 saturated carbocycles. The predicted octanol–water partition coefficient (Wildman–Crippen LogP) is 2.65. The zero-order valence-corrected chi connectivity index (χ0v) is 15.0. The topological polar surface area (TPSA) is 52.5 Å². The Balaban J connectivity index is 1.62. The number of benzene rings is 1. The third-order valence-corrected chi connectivity index (χ3v) is 5.37. The highest BCUT2D eigenvalue weighted by atomic mass is 35.5. The van der Waals surface area contributed by atoms with Crippen LogP contribution in [0, 0.1) is 0 Å². The van der Waals surface area contributed by atoms with Gasteiger partial charge < -0.3 is 10.0 Å². The van der Waals surface area contributed by atoms with Gasteiger partial charge in [0.25, 0.3) is 0 Å². The molecular weight excluding hydrogens is 336 g/mol. The van der Waals surface area contributed by atoms with Crippen LogP contribution in [0.4, 0.5) is 5.82 Å². The van der Waals surface area contributed by atoms with Gasteiger partial charge in [-0.25, -0.2) is 9.97 Å². The maximum atomic E-state index is 9.69. The molecule has 1 saturated heterocycles. The summed E-state index contributed by atoms with van der Waals surface area (Å²) in [5.74, 6) is 0.921. The quantitative estimate of drug-likeness (QED) is 0.851. The molecule has 0 spiro atoms. The molecule has 5 nitrogen and oxygen atoms in total. The Labute approximate surface area is 153 Å². The number of hydrogen-bond donors (Lipinski definition) is 1. The highest BCUT2D eigenvalue weighted by Gasteiger charge is 2.30. The van der Waals surface area contributed by atoms with Gasteiger partial charge in [0.1, 0.15) is 5.82 Å². The first kappa shape index (κ1) is 16.8. The van der Waals surface area contributed by atoms with Crippen LogP contribution in [-0.2, 0) is 19.5 Å². The van der Waals surface area contributed by atoms with Crippen LogP contribution in [0.3, 0.4) is 0 Å². The lowest BCUT2D eigenvalue weighted by atomic mass is 10.0. The molecule has 0 aliphatic carbocycles. The van der Waals surface area contributed by atoms with Gasteiger partial charge in [-0.15, -0.1) is 0 Å². The lowest BCUT2D eigenvalue weighted by Crippen LogP contribution is -2.37. The summed E-state index contributed by atoms with van der Waals surface area (Å²) < 4.78 is 0. The van der Waals surface area contributed by atoms with E-state index in [2.05, 4.69) is 44.0 Å². The molecule has 2 aromatic rings. The van der Waals surface area contributed by atoms with E-state index in [-0.39, 0.29) is 12.6 Å². The van der Waals surface area contributed by atoms with Crippen molar-refractivity contribution < 1.29 is 5.11 Å². The largest absolute Gasteiger partial charge is 0.394 e. The van der Waals surface area contributed by atoms with Crippen LogP contribution in [0.5, 0.6) is 0 Å². The zero-order chi connectivity index (χ0) is 17.2. The second-order valence-electron chi connectivity index (χ2n) is 6.86. The Morgan fingerprint density at radius 2 is 2.00 bits per heavy atom. The first-order valence-electron chi connectivity index (χ1n) is 8.93. The lowest BCUT2D eigenvalue weighted by molar-refractivity contribution is 0.241. The second kappa shape index (κ2) is 7.28. The number of halogens is 1. The van der Waals surface area contributed by atoms with Crippen molar-refractivity contribution in [3.63, 3.8) is 0 Å². The number of fused-ring (bicyclic) bond motifs is 1. The van der Waals surface area contributed by atoms with Crippen molar-refractivity contribution in [1.29, 1.82) is 0 Å². The molecule has 0 unspecified atom stereocenters. The van der Waals surface area contributed by atoms with Gasteiger partial charge in [0.05, 0.1) is 18.3 Å². The van der Waals surface area contributed by atoms with E-state index in [1.807, 2.05) is 6.07 Å². The van der Waals surface area contributed by atoms with Gasteiger partial charge in [-0.2, -0.15) is 0 Å². The molecule has 1 aromatic heterocycles. The number of nitrogens with zero attached hydrogens (tertiary/aromatic N) is 4. The minimum atomic E-state index is 0.138. The van der Waals surface area contributed by atoms with Gasteiger partial charge in [-0.05, 0) is 30.0 Å². The van der Waals surface area contributed by atoms with E-state index in [1.54, 1.807) is 0 Å². The highest BCUT2D eigenvalue weighted by molar-refractivity contribution is 6.28. The maximum Gasteiger partial charge on any atom is 0.224 e. The van der Waals surface area contributed by atoms with Crippen molar-refractivity contribution in [2.24, 2.45) is 0 Å². The average molecular weight is 359 g/mol. The number of rotatable bonds is 4. The van der Waals surface area contributed by atoms with Gasteiger partial charge in [-0.3, -0.25) is 4.90 Å². The Hall–Kier alpha value is -1.69. The second-order valence-corrected chi connectivity index (χ2v) is 7.20. The molecule has 6 heteroatoms. The predicted molar refractivity (Wildman–Crippen MR) is 98.8 cm³/mol. The van der Waals surface area contributed by atoms with Crippen LogP contribution in [0.1, 0.15) is 29.7 Å². The van der Waals surface area contributed by atoms with E-state index in [9.17, 15) is 5.11 Å². The highest BCUT2D eigenvalue weighted by Crippen LogP contribution is 2.32. The SMILES string of the molecule is OC[C@@H]1CCCN1c1nc(Cl)nc2c1CN(Cc1ccccc1)CC2. The molecule has 0 bridgehead atoms. The third-order valence-electron chi connectivity index (χ3n) is 5.20. The smallest absolute Gasteiger partial charge is 0.224 e. The van der Waals surface area contributed by atoms with Crippen LogP contribution in [0.25, 0.3) is 0 Å². The summed E-state index contributed by atoms with van der Waals surface area (Å²) in [4.78, 5) is 13.7. The van der Waals surface area contributed by atoms with Gasteiger partial charge in [0, 0.05) is 38.2 Å². The molecule has 2 aliphatic heterocycles. The number of aliphatic hydroxyl groups is 1. The van der Waals surface area contributed by atoms with Gasteiger partial charge in [0.2, 0.25) is 5.28 Å². The molecule has 1 fully saturated rings. The van der Waals surface area contributed by atoms with E-state index in [1.165, 1.54) is 11.1 Å². The van der Waals surface area contributed by atoms with Gasteiger partial charge in [0.15, 0.2) is 0 Å². The van der Waals surface area contributed by atoms with Crippen molar-refractivity contribution >= 4 is 17.4 Å². The van der Waals surface area contributed by atoms with Crippen LogP contribution in [-0.4, -0.2) is 45.7 Å². The maximum absolute atomic E-state index is 9.69. The van der Waals surface area contributed by atoms with Gasteiger partial charge >= 0.3 is 0 Å². The summed E-state index contributed by atoms with van der Waals surface area (Å²) in [5, 5.41) is 10.0. The van der Waals surface area contributed by atoms with Gasteiger partial charge in [-0.1, -0.05) is 30.3 Å². The number of anilines is 1.